The fourth-order valence-corrected chi connectivity index (χ4v) is 2.49. The van der Waals surface area contributed by atoms with Gasteiger partial charge in [0.2, 0.25) is 0 Å². The van der Waals surface area contributed by atoms with Crippen molar-refractivity contribution in [3.05, 3.63) is 38.7 Å². The molecule has 0 N–H and O–H groups in total. The highest BCUT2D eigenvalue weighted by Gasteiger charge is 2.06. The van der Waals surface area contributed by atoms with Crippen LogP contribution >= 0.6 is 27.3 Å². The Morgan fingerprint density at radius 1 is 1.73 bits per heavy atom. The Kier molecular flexibility index (Phi) is 2.75. The van der Waals surface area contributed by atoms with E-state index in [-0.39, 0.29) is 5.56 Å². The lowest BCUT2D eigenvalue weighted by atomic mass is 10.3. The van der Waals surface area contributed by atoms with Crippen LogP contribution < -0.4 is 5.56 Å². The molecule has 0 aromatic carbocycles. The van der Waals surface area contributed by atoms with Crippen molar-refractivity contribution < 1.29 is 0 Å². The van der Waals surface area contributed by atoms with Gasteiger partial charge in [-0.2, -0.15) is 0 Å². The lowest BCUT2D eigenvalue weighted by molar-refractivity contribution is 0.764. The summed E-state index contributed by atoms with van der Waals surface area (Å²) < 4.78 is 2.31. The van der Waals surface area contributed by atoms with Crippen LogP contribution in [-0.4, -0.2) is 9.55 Å². The number of hydrogen-bond donors (Lipinski definition) is 0. The first-order valence-corrected chi connectivity index (χ1v) is 5.98. The zero-order chi connectivity index (χ0) is 11.0. The van der Waals surface area contributed by atoms with E-state index in [4.69, 9.17) is 0 Å². The summed E-state index contributed by atoms with van der Waals surface area (Å²) in [6.07, 6.45) is 1.56. The Balaban J connectivity index is 2.64. The number of thiophene rings is 1. The first-order chi connectivity index (χ1) is 7.08. The number of halogens is 1. The summed E-state index contributed by atoms with van der Waals surface area (Å²) in [4.78, 5) is 18.1. The molecule has 2 aromatic rings. The highest BCUT2D eigenvalue weighted by molar-refractivity contribution is 9.11. The summed E-state index contributed by atoms with van der Waals surface area (Å²) >= 11 is 4.77. The second-order valence-electron chi connectivity index (χ2n) is 3.27. The predicted molar refractivity (Wildman–Crippen MR) is 66.7 cm³/mol. The summed E-state index contributed by atoms with van der Waals surface area (Å²) in [6, 6.07) is 1.88. The van der Waals surface area contributed by atoms with Gasteiger partial charge in [-0.15, -0.1) is 11.3 Å². The van der Waals surface area contributed by atoms with Crippen molar-refractivity contribution in [2.24, 2.45) is 0 Å². The summed E-state index contributed by atoms with van der Waals surface area (Å²) in [7, 11) is 0. The zero-order valence-corrected chi connectivity index (χ0v) is 10.6. The second kappa shape index (κ2) is 3.90. The molecule has 2 heterocycles. The Bertz CT molecular complexity index is 585. The molecule has 0 fully saturated rings. The van der Waals surface area contributed by atoms with Crippen LogP contribution in [0.15, 0.2) is 28.2 Å². The van der Waals surface area contributed by atoms with Gasteiger partial charge in [0.05, 0.1) is 18.3 Å². The van der Waals surface area contributed by atoms with Crippen LogP contribution in [0.1, 0.15) is 4.88 Å². The second-order valence-corrected chi connectivity index (χ2v) is 5.63. The molecule has 2 rings (SSSR count). The zero-order valence-electron chi connectivity index (χ0n) is 8.16. The Morgan fingerprint density at radius 2 is 2.47 bits per heavy atom. The normalized spacial score (nSPS) is 10.8. The number of hydrogen-bond acceptors (Lipinski definition) is 3. The molecule has 15 heavy (non-hydrogen) atoms. The molecule has 3 nitrogen and oxygen atoms in total. The van der Waals surface area contributed by atoms with Crippen LogP contribution in [-0.2, 0) is 6.54 Å². The average molecular weight is 285 g/mol. The maximum Gasteiger partial charge on any atom is 0.262 e. The smallest absolute Gasteiger partial charge is 0.262 e. The first kappa shape index (κ1) is 10.6. The molecule has 0 aliphatic carbocycles. The molecule has 0 bridgehead atoms. The maximum atomic E-state index is 11.9. The Morgan fingerprint density at radius 3 is 3.13 bits per heavy atom. The van der Waals surface area contributed by atoms with Gasteiger partial charge in [-0.1, -0.05) is 22.5 Å². The van der Waals surface area contributed by atoms with Crippen molar-refractivity contribution in [1.29, 1.82) is 0 Å². The minimum Gasteiger partial charge on any atom is -0.294 e. The summed E-state index contributed by atoms with van der Waals surface area (Å²) in [5.41, 5.74) is -0.00931. The fourth-order valence-electron chi connectivity index (χ4n) is 1.38. The number of aromatic nitrogens is 2. The van der Waals surface area contributed by atoms with Gasteiger partial charge in [-0.25, -0.2) is 4.98 Å². The number of fused-ring (bicyclic) bond motifs is 1. The lowest BCUT2D eigenvalue weighted by Crippen LogP contribution is -2.19. The first-order valence-electron chi connectivity index (χ1n) is 4.37. The molecular weight excluding hydrogens is 276 g/mol. The standard InChI is InChI=1S/C10H9BrN2OS/c1-6(11)4-13-5-12-9-8(10(13)14)3-7(2)15-9/h3,5H,1,4H2,2H3. The molecule has 0 aliphatic heterocycles. The summed E-state index contributed by atoms with van der Waals surface area (Å²) in [5, 5.41) is 0.689. The minimum absolute atomic E-state index is 0.00931. The molecule has 0 amide bonds. The van der Waals surface area contributed by atoms with E-state index in [0.717, 1.165) is 14.2 Å². The quantitative estimate of drug-likeness (QED) is 0.850. The van der Waals surface area contributed by atoms with E-state index >= 15 is 0 Å². The molecule has 0 spiro atoms. The minimum atomic E-state index is -0.00931. The fraction of sp³-hybridized carbons (Fsp3) is 0.200. The van der Waals surface area contributed by atoms with Crippen molar-refractivity contribution >= 4 is 37.5 Å². The third-order valence-corrected chi connectivity index (χ3v) is 3.19. The maximum absolute atomic E-state index is 11.9. The molecule has 0 atom stereocenters. The van der Waals surface area contributed by atoms with Gasteiger partial charge in [0.1, 0.15) is 4.83 Å². The molecule has 5 heteroatoms. The van der Waals surface area contributed by atoms with Crippen LogP contribution in [0, 0.1) is 6.92 Å². The number of nitrogens with zero attached hydrogens (tertiary/aromatic N) is 2. The SMILES string of the molecule is C=C(Br)Cn1cnc2sc(C)cc2c1=O. The molecule has 0 radical (unpaired) electrons. The van der Waals surface area contributed by atoms with Crippen LogP contribution in [0.4, 0.5) is 0 Å². The van der Waals surface area contributed by atoms with Gasteiger partial charge in [-0.05, 0) is 13.0 Å². The number of aryl methyl sites for hydroxylation is 1. The van der Waals surface area contributed by atoms with Gasteiger partial charge >= 0.3 is 0 Å². The van der Waals surface area contributed by atoms with E-state index in [2.05, 4.69) is 27.5 Å². The van der Waals surface area contributed by atoms with E-state index < -0.39 is 0 Å². The third kappa shape index (κ3) is 2.03. The Hall–Kier alpha value is -0.940. The monoisotopic (exact) mass is 284 g/mol. The van der Waals surface area contributed by atoms with Crippen LogP contribution in [0.3, 0.4) is 0 Å². The summed E-state index contributed by atoms with van der Waals surface area (Å²) in [6.45, 7) is 6.14. The molecule has 2 aromatic heterocycles. The van der Waals surface area contributed by atoms with E-state index in [1.807, 2.05) is 13.0 Å². The van der Waals surface area contributed by atoms with Gasteiger partial charge in [-0.3, -0.25) is 9.36 Å². The van der Waals surface area contributed by atoms with E-state index in [0.29, 0.717) is 11.9 Å². The van der Waals surface area contributed by atoms with Crippen molar-refractivity contribution in [2.75, 3.05) is 0 Å². The molecule has 0 aliphatic rings. The highest BCUT2D eigenvalue weighted by atomic mass is 79.9. The topological polar surface area (TPSA) is 34.9 Å². The van der Waals surface area contributed by atoms with Crippen molar-refractivity contribution in [1.82, 2.24) is 9.55 Å². The van der Waals surface area contributed by atoms with E-state index in [1.54, 1.807) is 10.9 Å². The van der Waals surface area contributed by atoms with E-state index in [9.17, 15) is 4.79 Å². The Labute approximate surface area is 99.2 Å². The van der Waals surface area contributed by atoms with Crippen LogP contribution in [0.2, 0.25) is 0 Å². The summed E-state index contributed by atoms with van der Waals surface area (Å²) in [5.74, 6) is 0. The molecule has 78 valence electrons. The molecule has 0 unspecified atom stereocenters. The van der Waals surface area contributed by atoms with Crippen LogP contribution in [0.5, 0.6) is 0 Å². The van der Waals surface area contributed by atoms with Gasteiger partial charge in [0.25, 0.3) is 5.56 Å². The predicted octanol–water partition coefficient (Wildman–Crippen LogP) is 2.68. The lowest BCUT2D eigenvalue weighted by Gasteiger charge is -2.02. The third-order valence-electron chi connectivity index (χ3n) is 1.98. The van der Waals surface area contributed by atoms with Gasteiger partial charge in [0, 0.05) is 9.36 Å². The van der Waals surface area contributed by atoms with Crippen LogP contribution in [0.25, 0.3) is 10.2 Å². The van der Waals surface area contributed by atoms with Crippen molar-refractivity contribution in [3.63, 3.8) is 0 Å². The number of rotatable bonds is 2. The highest BCUT2D eigenvalue weighted by Crippen LogP contribution is 2.19. The molecule has 0 saturated carbocycles. The number of allylic oxidation sites excluding steroid dienone is 1. The van der Waals surface area contributed by atoms with E-state index in [1.165, 1.54) is 11.3 Å². The molecular formula is C10H9BrN2OS. The van der Waals surface area contributed by atoms with Crippen molar-refractivity contribution in [2.45, 2.75) is 13.5 Å². The largest absolute Gasteiger partial charge is 0.294 e. The average Bonchev–Trinajstić information content (AvgIpc) is 2.51. The molecule has 0 saturated heterocycles. The van der Waals surface area contributed by atoms with Crippen molar-refractivity contribution in [3.8, 4) is 0 Å². The van der Waals surface area contributed by atoms with Gasteiger partial charge < -0.3 is 0 Å². The van der Waals surface area contributed by atoms with Gasteiger partial charge in [0.15, 0.2) is 0 Å².